The molecule has 1 heterocycles. The van der Waals surface area contributed by atoms with Crippen LogP contribution in [0.2, 0.25) is 0 Å². The fourth-order valence-electron chi connectivity index (χ4n) is 1.06. The lowest BCUT2D eigenvalue weighted by molar-refractivity contribution is 0.145. The van der Waals surface area contributed by atoms with E-state index in [1.54, 1.807) is 0 Å². The third-order valence-electron chi connectivity index (χ3n) is 1.81. The molecule has 0 aliphatic carbocycles. The summed E-state index contributed by atoms with van der Waals surface area (Å²) in [6.07, 6.45) is -2.67. The zero-order chi connectivity index (χ0) is 10.0. The minimum atomic E-state index is -2.67. The second-order valence-corrected chi connectivity index (χ2v) is 2.90. The molecule has 0 atom stereocenters. The predicted molar refractivity (Wildman–Crippen MR) is 46.3 cm³/mol. The first-order valence-corrected chi connectivity index (χ1v) is 4.16. The van der Waals surface area contributed by atoms with Crippen LogP contribution in [0.1, 0.15) is 23.2 Å². The number of hydrogen-bond donors (Lipinski definition) is 1. The molecule has 13 heavy (non-hydrogen) atoms. The van der Waals surface area contributed by atoms with Gasteiger partial charge in [-0.3, -0.25) is 4.79 Å². The largest absolute Gasteiger partial charge is 0.321 e. The van der Waals surface area contributed by atoms with Crippen molar-refractivity contribution in [2.45, 2.75) is 19.2 Å². The number of rotatable bonds is 2. The summed E-state index contributed by atoms with van der Waals surface area (Å²) in [6, 6.07) is 1.23. The van der Waals surface area contributed by atoms with Crippen LogP contribution in [0.5, 0.6) is 0 Å². The number of hydrogen-bond acceptors (Lipinski definition) is 1. The second-order valence-electron chi connectivity index (χ2n) is 2.63. The van der Waals surface area contributed by atoms with Gasteiger partial charge in [0.25, 0.3) is 6.43 Å². The Kier molecular flexibility index (Phi) is 3.03. The van der Waals surface area contributed by atoms with E-state index < -0.39 is 12.0 Å². The van der Waals surface area contributed by atoms with E-state index >= 15 is 0 Å². The van der Waals surface area contributed by atoms with E-state index in [2.05, 4.69) is 4.98 Å². The van der Waals surface area contributed by atoms with Gasteiger partial charge in [0.05, 0.1) is 5.69 Å². The lowest BCUT2D eigenvalue weighted by atomic mass is 10.1. The molecule has 2 nitrogen and oxygen atoms in total. The Balaban J connectivity index is 3.36. The molecule has 1 N–H and O–H groups in total. The van der Waals surface area contributed by atoms with Gasteiger partial charge in [0.15, 0.2) is 0 Å². The lowest BCUT2D eigenvalue weighted by Crippen LogP contribution is -2.12. The number of halogens is 3. The number of alkyl halides is 3. The van der Waals surface area contributed by atoms with E-state index in [0.717, 1.165) is 0 Å². The van der Waals surface area contributed by atoms with Gasteiger partial charge in [-0.1, -0.05) is 0 Å². The van der Waals surface area contributed by atoms with Crippen molar-refractivity contribution >= 4 is 11.6 Å². The van der Waals surface area contributed by atoms with Crippen LogP contribution in [-0.4, -0.2) is 4.98 Å². The SMILES string of the molecule is Cc1c(CCl)cc(=O)[nH]c1C(F)F. The first-order valence-electron chi connectivity index (χ1n) is 3.63. The highest BCUT2D eigenvalue weighted by atomic mass is 35.5. The molecule has 5 heteroatoms. The van der Waals surface area contributed by atoms with Gasteiger partial charge in [0.1, 0.15) is 0 Å². The minimum Gasteiger partial charge on any atom is -0.321 e. The Morgan fingerprint density at radius 1 is 1.62 bits per heavy atom. The van der Waals surface area contributed by atoms with Crippen LogP contribution in [0.25, 0.3) is 0 Å². The Hall–Kier alpha value is -0.900. The smallest absolute Gasteiger partial charge is 0.278 e. The fourth-order valence-corrected chi connectivity index (χ4v) is 1.34. The summed E-state index contributed by atoms with van der Waals surface area (Å²) in [5, 5.41) is 0. The average molecular weight is 208 g/mol. The highest BCUT2D eigenvalue weighted by Gasteiger charge is 2.14. The molecule has 0 amide bonds. The molecule has 1 rings (SSSR count). The Labute approximate surface area is 78.5 Å². The van der Waals surface area contributed by atoms with Crippen LogP contribution in [0, 0.1) is 6.92 Å². The Morgan fingerprint density at radius 2 is 2.23 bits per heavy atom. The summed E-state index contributed by atoms with van der Waals surface area (Å²) >= 11 is 5.48. The van der Waals surface area contributed by atoms with Crippen molar-refractivity contribution < 1.29 is 8.78 Å². The van der Waals surface area contributed by atoms with E-state index in [4.69, 9.17) is 11.6 Å². The van der Waals surface area contributed by atoms with Gasteiger partial charge in [-0.2, -0.15) is 0 Å². The normalized spacial score (nSPS) is 10.8. The van der Waals surface area contributed by atoms with E-state index in [1.807, 2.05) is 0 Å². The van der Waals surface area contributed by atoms with Gasteiger partial charge in [0.2, 0.25) is 5.56 Å². The first-order chi connectivity index (χ1) is 6.06. The summed E-state index contributed by atoms with van der Waals surface area (Å²) in [6.45, 7) is 1.51. The van der Waals surface area contributed by atoms with Crippen LogP contribution in [-0.2, 0) is 5.88 Å². The quantitative estimate of drug-likeness (QED) is 0.742. The average Bonchev–Trinajstić information content (AvgIpc) is 2.08. The molecule has 72 valence electrons. The van der Waals surface area contributed by atoms with Gasteiger partial charge >= 0.3 is 0 Å². The standard InChI is InChI=1S/C8H8ClF2NO/c1-4-5(3-9)2-6(13)12-7(4)8(10)11/h2,8H,3H2,1H3,(H,12,13). The summed E-state index contributed by atoms with van der Waals surface area (Å²) in [4.78, 5) is 13.0. The molecule has 0 fully saturated rings. The third-order valence-corrected chi connectivity index (χ3v) is 2.10. The molecule has 0 bridgehead atoms. The second kappa shape index (κ2) is 3.87. The van der Waals surface area contributed by atoms with Crippen molar-refractivity contribution in [3.05, 3.63) is 33.2 Å². The summed E-state index contributed by atoms with van der Waals surface area (Å²) in [5.74, 6) is 0.0650. The van der Waals surface area contributed by atoms with Gasteiger partial charge in [-0.05, 0) is 18.1 Å². The van der Waals surface area contributed by atoms with Crippen molar-refractivity contribution in [2.24, 2.45) is 0 Å². The number of aromatic nitrogens is 1. The molecule has 0 spiro atoms. The maximum atomic E-state index is 12.3. The Morgan fingerprint density at radius 3 is 2.69 bits per heavy atom. The maximum absolute atomic E-state index is 12.3. The van der Waals surface area contributed by atoms with E-state index in [1.165, 1.54) is 13.0 Å². The molecule has 0 aliphatic rings. The molecule has 0 aliphatic heterocycles. The highest BCUT2D eigenvalue weighted by molar-refractivity contribution is 6.17. The van der Waals surface area contributed by atoms with Gasteiger partial charge in [-0.15, -0.1) is 11.6 Å². The highest BCUT2D eigenvalue weighted by Crippen LogP contribution is 2.21. The van der Waals surface area contributed by atoms with Crippen molar-refractivity contribution in [3.63, 3.8) is 0 Å². The maximum Gasteiger partial charge on any atom is 0.278 e. The van der Waals surface area contributed by atoms with E-state index in [0.29, 0.717) is 11.1 Å². The zero-order valence-corrected chi connectivity index (χ0v) is 7.66. The molecule has 0 saturated carbocycles. The van der Waals surface area contributed by atoms with E-state index in [-0.39, 0.29) is 11.6 Å². The first kappa shape index (κ1) is 10.2. The molecular formula is C8H8ClF2NO. The molecular weight excluding hydrogens is 200 g/mol. The predicted octanol–water partition coefficient (Wildman–Crippen LogP) is 2.36. The zero-order valence-electron chi connectivity index (χ0n) is 6.90. The topological polar surface area (TPSA) is 32.9 Å². The van der Waals surface area contributed by atoms with Crippen LogP contribution in [0.3, 0.4) is 0 Å². The van der Waals surface area contributed by atoms with Crippen LogP contribution in [0.15, 0.2) is 10.9 Å². The number of pyridine rings is 1. The Bertz CT molecular complexity index is 362. The molecule has 0 radical (unpaired) electrons. The lowest BCUT2D eigenvalue weighted by Gasteiger charge is -2.07. The van der Waals surface area contributed by atoms with E-state index in [9.17, 15) is 13.6 Å². The van der Waals surface area contributed by atoms with Crippen molar-refractivity contribution in [3.8, 4) is 0 Å². The van der Waals surface area contributed by atoms with Crippen LogP contribution < -0.4 is 5.56 Å². The fraction of sp³-hybridized carbons (Fsp3) is 0.375. The van der Waals surface area contributed by atoms with Crippen molar-refractivity contribution in [2.75, 3.05) is 0 Å². The summed E-state index contributed by atoms with van der Waals surface area (Å²) in [5.41, 5.74) is -0.0926. The number of nitrogens with one attached hydrogen (secondary N) is 1. The summed E-state index contributed by atoms with van der Waals surface area (Å²) < 4.78 is 24.6. The van der Waals surface area contributed by atoms with Crippen molar-refractivity contribution in [1.29, 1.82) is 0 Å². The molecule has 1 aromatic rings. The van der Waals surface area contributed by atoms with Crippen LogP contribution >= 0.6 is 11.6 Å². The number of aromatic amines is 1. The van der Waals surface area contributed by atoms with Crippen molar-refractivity contribution in [1.82, 2.24) is 4.98 Å². The number of H-pyrrole nitrogens is 1. The molecule has 1 aromatic heterocycles. The van der Waals surface area contributed by atoms with Gasteiger partial charge < -0.3 is 4.98 Å². The van der Waals surface area contributed by atoms with Gasteiger partial charge in [-0.25, -0.2) is 8.78 Å². The molecule has 0 unspecified atom stereocenters. The third kappa shape index (κ3) is 2.06. The monoisotopic (exact) mass is 207 g/mol. The molecule has 0 aromatic carbocycles. The van der Waals surface area contributed by atoms with Gasteiger partial charge in [0, 0.05) is 11.9 Å². The minimum absolute atomic E-state index is 0.0650. The van der Waals surface area contributed by atoms with Crippen LogP contribution in [0.4, 0.5) is 8.78 Å². The molecule has 0 saturated heterocycles. The summed E-state index contributed by atoms with van der Waals surface area (Å²) in [7, 11) is 0.